The average Bonchev–Trinajstić information content (AvgIpc) is 2.21. The van der Waals surface area contributed by atoms with Gasteiger partial charge in [0.15, 0.2) is 5.82 Å². The molecule has 0 bridgehead atoms. The largest absolute Gasteiger partial charge is 0.236 e. The molecule has 0 aliphatic rings. The molecule has 0 aliphatic heterocycles. The van der Waals surface area contributed by atoms with Crippen LogP contribution in [-0.4, -0.2) is 9.97 Å². The molecule has 0 unspecified atom stereocenters. The minimum Gasteiger partial charge on any atom is -0.236 e. The summed E-state index contributed by atoms with van der Waals surface area (Å²) in [5, 5.41) is 9.05. The van der Waals surface area contributed by atoms with Crippen LogP contribution in [0.5, 0.6) is 0 Å². The number of nitrogens with zero attached hydrogens (tertiary/aromatic N) is 3. The molecule has 13 heavy (non-hydrogen) atoms. The van der Waals surface area contributed by atoms with E-state index in [4.69, 9.17) is 16.9 Å². The summed E-state index contributed by atoms with van der Waals surface area (Å²) in [5.41, 5.74) is 0.507. The van der Waals surface area contributed by atoms with Crippen LogP contribution in [0.15, 0.2) is 24.0 Å². The molecular formula is C9H8ClN3. The average molecular weight is 194 g/mol. The van der Waals surface area contributed by atoms with Gasteiger partial charge in [0.2, 0.25) is 0 Å². The Balaban J connectivity index is 3.11. The van der Waals surface area contributed by atoms with E-state index in [-0.39, 0.29) is 0 Å². The van der Waals surface area contributed by atoms with Crippen molar-refractivity contribution in [3.8, 4) is 6.07 Å². The maximum atomic E-state index is 8.71. The van der Waals surface area contributed by atoms with E-state index in [2.05, 4.69) is 9.97 Å². The first-order valence-corrected chi connectivity index (χ1v) is 4.23. The molecule has 0 N–H and O–H groups in total. The Labute approximate surface area is 81.7 Å². The zero-order valence-electron chi connectivity index (χ0n) is 7.16. The lowest BCUT2D eigenvalue weighted by Crippen LogP contribution is -1.90. The second kappa shape index (κ2) is 4.58. The molecule has 66 valence electrons. The third-order valence-electron chi connectivity index (χ3n) is 1.52. The highest BCUT2D eigenvalue weighted by atomic mass is 35.5. The molecule has 0 aromatic carbocycles. The fraction of sp³-hybridized carbons (Fsp3) is 0.222. The van der Waals surface area contributed by atoms with Crippen LogP contribution in [0.2, 0.25) is 0 Å². The first kappa shape index (κ1) is 9.69. The molecule has 0 radical (unpaired) electrons. The molecule has 0 aliphatic carbocycles. The molecule has 1 heterocycles. The highest BCUT2D eigenvalue weighted by molar-refractivity contribution is 6.49. The highest BCUT2D eigenvalue weighted by Gasteiger charge is 2.06. The molecular weight excluding hydrogens is 186 g/mol. The fourth-order valence-electron chi connectivity index (χ4n) is 0.831. The van der Waals surface area contributed by atoms with E-state index in [1.165, 1.54) is 0 Å². The van der Waals surface area contributed by atoms with Gasteiger partial charge in [-0.2, -0.15) is 5.26 Å². The van der Waals surface area contributed by atoms with Gasteiger partial charge in [-0.05, 0) is 12.5 Å². The standard InChI is InChI=1S/C9H8ClN3/c1-2-7(6-11)8(10)9-12-4-3-5-13-9/h3-5H,2H2,1H3/b8-7-. The van der Waals surface area contributed by atoms with Gasteiger partial charge in [0.05, 0.1) is 16.7 Å². The molecule has 4 heteroatoms. The normalized spacial score (nSPS) is 11.8. The number of allylic oxidation sites excluding steroid dienone is 1. The van der Waals surface area contributed by atoms with Crippen LogP contribution in [0, 0.1) is 11.3 Å². The molecule has 0 atom stereocenters. The molecule has 1 rings (SSSR count). The van der Waals surface area contributed by atoms with Gasteiger partial charge in [-0.3, -0.25) is 0 Å². The zero-order valence-corrected chi connectivity index (χ0v) is 7.91. The number of hydrogen-bond acceptors (Lipinski definition) is 3. The second-order valence-electron chi connectivity index (χ2n) is 2.33. The summed E-state index contributed by atoms with van der Waals surface area (Å²) in [6.45, 7) is 1.86. The van der Waals surface area contributed by atoms with Gasteiger partial charge in [-0.1, -0.05) is 18.5 Å². The van der Waals surface area contributed by atoms with Crippen LogP contribution in [0.3, 0.4) is 0 Å². The Kier molecular flexibility index (Phi) is 3.41. The quantitative estimate of drug-likeness (QED) is 0.678. The van der Waals surface area contributed by atoms with E-state index in [1.54, 1.807) is 18.5 Å². The number of hydrogen-bond donors (Lipinski definition) is 0. The number of nitriles is 1. The molecule has 0 fully saturated rings. The van der Waals surface area contributed by atoms with E-state index >= 15 is 0 Å². The van der Waals surface area contributed by atoms with Crippen molar-refractivity contribution in [2.75, 3.05) is 0 Å². The Bertz CT molecular complexity index is 351. The topological polar surface area (TPSA) is 49.6 Å². The van der Waals surface area contributed by atoms with Crippen LogP contribution >= 0.6 is 11.6 Å². The zero-order chi connectivity index (χ0) is 9.68. The van der Waals surface area contributed by atoms with Crippen molar-refractivity contribution < 1.29 is 0 Å². The van der Waals surface area contributed by atoms with E-state index in [1.807, 2.05) is 13.0 Å². The Morgan fingerprint density at radius 1 is 1.54 bits per heavy atom. The van der Waals surface area contributed by atoms with E-state index in [0.717, 1.165) is 0 Å². The number of halogens is 1. The maximum absolute atomic E-state index is 8.71. The summed E-state index contributed by atoms with van der Waals surface area (Å²) in [4.78, 5) is 7.89. The number of rotatable bonds is 2. The molecule has 0 spiro atoms. The van der Waals surface area contributed by atoms with Crippen LogP contribution < -0.4 is 0 Å². The van der Waals surface area contributed by atoms with Gasteiger partial charge in [-0.25, -0.2) is 9.97 Å². The molecule has 0 saturated heterocycles. The lowest BCUT2D eigenvalue weighted by molar-refractivity contribution is 1.10. The molecule has 0 amide bonds. The van der Waals surface area contributed by atoms with E-state index in [0.29, 0.717) is 22.9 Å². The van der Waals surface area contributed by atoms with Gasteiger partial charge in [0.1, 0.15) is 0 Å². The predicted octanol–water partition coefficient (Wildman–Crippen LogP) is 2.36. The molecule has 3 nitrogen and oxygen atoms in total. The first-order valence-electron chi connectivity index (χ1n) is 3.85. The lowest BCUT2D eigenvalue weighted by Gasteiger charge is -1.98. The van der Waals surface area contributed by atoms with Crippen LogP contribution in [-0.2, 0) is 0 Å². The Hall–Kier alpha value is -1.40. The van der Waals surface area contributed by atoms with Crippen molar-refractivity contribution in [3.05, 3.63) is 29.9 Å². The summed E-state index contributed by atoms with van der Waals surface area (Å²) in [7, 11) is 0. The van der Waals surface area contributed by atoms with Crippen molar-refractivity contribution >= 4 is 16.6 Å². The van der Waals surface area contributed by atoms with Crippen molar-refractivity contribution in [3.63, 3.8) is 0 Å². The predicted molar refractivity (Wildman–Crippen MR) is 50.7 cm³/mol. The second-order valence-corrected chi connectivity index (χ2v) is 2.71. The van der Waals surface area contributed by atoms with Crippen LogP contribution in [0.4, 0.5) is 0 Å². The fourth-order valence-corrected chi connectivity index (χ4v) is 1.10. The summed E-state index contributed by atoms with van der Waals surface area (Å²) < 4.78 is 0. The molecule has 1 aromatic heterocycles. The number of aromatic nitrogens is 2. The molecule has 0 saturated carbocycles. The summed E-state index contributed by atoms with van der Waals surface area (Å²) in [6, 6.07) is 3.72. The first-order chi connectivity index (χ1) is 6.29. The minimum absolute atomic E-state index is 0.339. The van der Waals surface area contributed by atoms with Gasteiger partial charge in [-0.15, -0.1) is 0 Å². The Morgan fingerprint density at radius 2 is 2.15 bits per heavy atom. The van der Waals surface area contributed by atoms with Crippen molar-refractivity contribution in [1.29, 1.82) is 5.26 Å². The third-order valence-corrected chi connectivity index (χ3v) is 1.91. The van der Waals surface area contributed by atoms with Gasteiger partial charge < -0.3 is 0 Å². The monoisotopic (exact) mass is 193 g/mol. The van der Waals surface area contributed by atoms with Crippen molar-refractivity contribution in [2.24, 2.45) is 0 Å². The summed E-state index contributed by atoms with van der Waals surface area (Å²) >= 11 is 5.90. The maximum Gasteiger partial charge on any atom is 0.171 e. The van der Waals surface area contributed by atoms with Crippen LogP contribution in [0.25, 0.3) is 5.03 Å². The minimum atomic E-state index is 0.339. The summed E-state index contributed by atoms with van der Waals surface area (Å²) in [5.74, 6) is 0.405. The van der Waals surface area contributed by atoms with Crippen LogP contribution in [0.1, 0.15) is 19.2 Å². The summed E-state index contributed by atoms with van der Waals surface area (Å²) in [6.07, 6.45) is 3.78. The van der Waals surface area contributed by atoms with Crippen molar-refractivity contribution in [2.45, 2.75) is 13.3 Å². The van der Waals surface area contributed by atoms with Gasteiger partial charge in [0.25, 0.3) is 0 Å². The molecule has 1 aromatic rings. The SMILES string of the molecule is CC/C(C#N)=C(/Cl)c1ncccn1. The highest BCUT2D eigenvalue weighted by Crippen LogP contribution is 2.20. The smallest absolute Gasteiger partial charge is 0.171 e. The van der Waals surface area contributed by atoms with Gasteiger partial charge >= 0.3 is 0 Å². The van der Waals surface area contributed by atoms with Gasteiger partial charge in [0, 0.05) is 12.4 Å². The third kappa shape index (κ3) is 2.27. The van der Waals surface area contributed by atoms with E-state index < -0.39 is 0 Å². The van der Waals surface area contributed by atoms with Crippen molar-refractivity contribution in [1.82, 2.24) is 9.97 Å². The van der Waals surface area contributed by atoms with E-state index in [9.17, 15) is 0 Å². The Morgan fingerprint density at radius 3 is 2.62 bits per heavy atom. The lowest BCUT2D eigenvalue weighted by atomic mass is 10.2.